The Morgan fingerprint density at radius 3 is 2.33 bits per heavy atom. The van der Waals surface area contributed by atoms with Gasteiger partial charge < -0.3 is 5.32 Å². The van der Waals surface area contributed by atoms with E-state index in [-0.39, 0.29) is 18.0 Å². The number of rotatable bonds is 8. The van der Waals surface area contributed by atoms with Gasteiger partial charge in [-0.15, -0.1) is 0 Å². The minimum absolute atomic E-state index is 0.0730. The Hall–Kier alpha value is -2.68. The van der Waals surface area contributed by atoms with Gasteiger partial charge in [-0.05, 0) is 36.6 Å². The zero-order valence-corrected chi connectivity index (χ0v) is 18.1. The van der Waals surface area contributed by atoms with Gasteiger partial charge in [-0.25, -0.2) is 0 Å². The molecule has 3 rings (SSSR count). The Kier molecular flexibility index (Phi) is 8.01. The third-order valence-electron chi connectivity index (χ3n) is 5.92. The van der Waals surface area contributed by atoms with Crippen molar-refractivity contribution in [2.45, 2.75) is 45.3 Å². The van der Waals surface area contributed by atoms with Crippen LogP contribution in [0.25, 0.3) is 0 Å². The number of benzene rings is 2. The average molecular weight is 405 g/mol. The molecule has 0 unspecified atom stereocenters. The molecule has 0 aromatic heterocycles. The van der Waals surface area contributed by atoms with Gasteiger partial charge in [-0.2, -0.15) is 5.26 Å². The van der Waals surface area contributed by atoms with Crippen molar-refractivity contribution in [1.82, 2.24) is 15.1 Å². The van der Waals surface area contributed by atoms with Crippen LogP contribution in [0.3, 0.4) is 0 Å². The highest BCUT2D eigenvalue weighted by molar-refractivity contribution is 5.81. The first-order chi connectivity index (χ1) is 14.6. The van der Waals surface area contributed by atoms with E-state index in [1.54, 1.807) is 0 Å². The summed E-state index contributed by atoms with van der Waals surface area (Å²) in [6, 6.07) is 20.1. The molecular weight excluding hydrogens is 372 g/mol. The smallest absolute Gasteiger partial charge is 0.237 e. The summed E-state index contributed by atoms with van der Waals surface area (Å²) in [4.78, 5) is 17.6. The van der Waals surface area contributed by atoms with Crippen molar-refractivity contribution in [1.29, 1.82) is 5.26 Å². The largest absolute Gasteiger partial charge is 0.348 e. The van der Waals surface area contributed by atoms with Crippen molar-refractivity contribution >= 4 is 5.91 Å². The molecule has 1 aliphatic rings. The Morgan fingerprint density at radius 2 is 1.73 bits per heavy atom. The minimum Gasteiger partial charge on any atom is -0.348 e. The van der Waals surface area contributed by atoms with Crippen LogP contribution in [0.15, 0.2) is 54.6 Å². The lowest BCUT2D eigenvalue weighted by Crippen LogP contribution is -2.53. The maximum atomic E-state index is 12.9. The molecule has 2 aromatic carbocycles. The first-order valence-electron chi connectivity index (χ1n) is 10.9. The van der Waals surface area contributed by atoms with Gasteiger partial charge in [0.05, 0.1) is 23.7 Å². The normalized spacial score (nSPS) is 17.1. The number of nitrogens with one attached hydrogen (secondary N) is 1. The van der Waals surface area contributed by atoms with E-state index >= 15 is 0 Å². The first kappa shape index (κ1) is 22.0. The number of hydrogen-bond donors (Lipinski definition) is 1. The number of carbonyl (C=O) groups is 1. The number of nitriles is 1. The summed E-state index contributed by atoms with van der Waals surface area (Å²) in [5.74, 6) is 0.109. The van der Waals surface area contributed by atoms with Gasteiger partial charge in [0.25, 0.3) is 0 Å². The fourth-order valence-electron chi connectivity index (χ4n) is 4.01. The fraction of sp³-hybridized carbons (Fsp3) is 0.440. The average Bonchev–Trinajstić information content (AvgIpc) is 2.80. The first-order valence-corrected chi connectivity index (χ1v) is 10.9. The van der Waals surface area contributed by atoms with Gasteiger partial charge in [-0.3, -0.25) is 14.6 Å². The Bertz CT molecular complexity index is 836. The number of piperazine rings is 1. The van der Waals surface area contributed by atoms with Crippen LogP contribution in [0.1, 0.15) is 49.4 Å². The molecule has 1 N–H and O–H groups in total. The van der Waals surface area contributed by atoms with Gasteiger partial charge >= 0.3 is 0 Å². The third kappa shape index (κ3) is 5.91. The fourth-order valence-corrected chi connectivity index (χ4v) is 4.01. The van der Waals surface area contributed by atoms with E-state index in [4.69, 9.17) is 5.26 Å². The maximum absolute atomic E-state index is 12.9. The molecule has 5 heteroatoms. The predicted octanol–water partition coefficient (Wildman–Crippen LogP) is 3.72. The van der Waals surface area contributed by atoms with Crippen LogP contribution in [0, 0.1) is 11.3 Å². The summed E-state index contributed by atoms with van der Waals surface area (Å²) in [5, 5.41) is 12.2. The van der Waals surface area contributed by atoms with E-state index in [1.807, 2.05) is 49.4 Å². The molecular formula is C25H32N4O. The monoisotopic (exact) mass is 404 g/mol. The molecule has 158 valence electrons. The van der Waals surface area contributed by atoms with E-state index < -0.39 is 0 Å². The van der Waals surface area contributed by atoms with Crippen molar-refractivity contribution in [3.05, 3.63) is 71.3 Å². The van der Waals surface area contributed by atoms with Crippen LogP contribution in [-0.2, 0) is 11.3 Å². The lowest BCUT2D eigenvalue weighted by atomic mass is 10.0. The molecule has 0 bridgehead atoms. The second-order valence-electron chi connectivity index (χ2n) is 8.06. The van der Waals surface area contributed by atoms with E-state index in [0.717, 1.165) is 45.6 Å². The third-order valence-corrected chi connectivity index (χ3v) is 5.92. The van der Waals surface area contributed by atoms with Crippen molar-refractivity contribution in [2.24, 2.45) is 0 Å². The summed E-state index contributed by atoms with van der Waals surface area (Å²) in [5.41, 5.74) is 3.09. The van der Waals surface area contributed by atoms with Gasteiger partial charge in [0.15, 0.2) is 0 Å². The highest BCUT2D eigenvalue weighted by Crippen LogP contribution is 2.19. The Balaban J connectivity index is 1.50. The summed E-state index contributed by atoms with van der Waals surface area (Å²) >= 11 is 0. The van der Waals surface area contributed by atoms with Crippen molar-refractivity contribution in [3.8, 4) is 6.07 Å². The van der Waals surface area contributed by atoms with Crippen LogP contribution in [0.4, 0.5) is 0 Å². The van der Waals surface area contributed by atoms with Crippen LogP contribution in [0.5, 0.6) is 0 Å². The number of carbonyl (C=O) groups excluding carboxylic acids is 1. The van der Waals surface area contributed by atoms with Crippen molar-refractivity contribution in [3.63, 3.8) is 0 Å². The highest BCUT2D eigenvalue weighted by Gasteiger charge is 2.27. The Morgan fingerprint density at radius 1 is 1.07 bits per heavy atom. The van der Waals surface area contributed by atoms with Crippen molar-refractivity contribution < 1.29 is 4.79 Å². The molecule has 2 aromatic rings. The molecule has 1 saturated heterocycles. The van der Waals surface area contributed by atoms with Gasteiger partial charge in [0, 0.05) is 32.7 Å². The van der Waals surface area contributed by atoms with E-state index in [9.17, 15) is 4.79 Å². The molecule has 1 heterocycles. The second-order valence-corrected chi connectivity index (χ2v) is 8.06. The van der Waals surface area contributed by atoms with Gasteiger partial charge in [0.1, 0.15) is 0 Å². The predicted molar refractivity (Wildman–Crippen MR) is 120 cm³/mol. The van der Waals surface area contributed by atoms with Crippen LogP contribution in [-0.4, -0.2) is 47.9 Å². The molecule has 2 atom stereocenters. The molecule has 5 nitrogen and oxygen atoms in total. The molecule has 1 amide bonds. The molecule has 1 aliphatic heterocycles. The summed E-state index contributed by atoms with van der Waals surface area (Å²) < 4.78 is 0. The van der Waals surface area contributed by atoms with Crippen LogP contribution in [0.2, 0.25) is 0 Å². The molecule has 0 saturated carbocycles. The number of hydrogen-bond acceptors (Lipinski definition) is 4. The second kappa shape index (κ2) is 10.9. The van der Waals surface area contributed by atoms with Gasteiger partial charge in [0.2, 0.25) is 5.91 Å². The lowest BCUT2D eigenvalue weighted by molar-refractivity contribution is -0.127. The molecule has 1 fully saturated rings. The van der Waals surface area contributed by atoms with E-state index in [1.165, 1.54) is 11.1 Å². The zero-order valence-electron chi connectivity index (χ0n) is 18.1. The van der Waals surface area contributed by atoms with Crippen LogP contribution >= 0.6 is 0 Å². The highest BCUT2D eigenvalue weighted by atomic mass is 16.2. The van der Waals surface area contributed by atoms with Crippen LogP contribution < -0.4 is 5.32 Å². The molecule has 0 radical (unpaired) electrons. The molecule has 0 spiro atoms. The van der Waals surface area contributed by atoms with Crippen molar-refractivity contribution in [2.75, 3.05) is 26.2 Å². The molecule has 30 heavy (non-hydrogen) atoms. The summed E-state index contributed by atoms with van der Waals surface area (Å²) in [6.45, 7) is 8.69. The number of nitrogens with zero attached hydrogens (tertiary/aromatic N) is 3. The minimum atomic E-state index is -0.134. The summed E-state index contributed by atoms with van der Waals surface area (Å²) in [6.07, 6.45) is 1.98. The molecule has 0 aliphatic carbocycles. The summed E-state index contributed by atoms with van der Waals surface area (Å²) in [7, 11) is 0. The lowest BCUT2D eigenvalue weighted by Gasteiger charge is -2.38. The maximum Gasteiger partial charge on any atom is 0.237 e. The zero-order chi connectivity index (χ0) is 21.3. The van der Waals surface area contributed by atoms with Gasteiger partial charge in [-0.1, -0.05) is 55.8 Å². The quantitative estimate of drug-likeness (QED) is 0.728. The van der Waals surface area contributed by atoms with E-state index in [0.29, 0.717) is 5.56 Å². The topological polar surface area (TPSA) is 59.4 Å². The standard InChI is InChI=1S/C25H32N4O/c1-3-7-24(23-8-5-4-6-9-23)27-25(30)20(2)29-16-14-28(15-17-29)19-22-12-10-21(18-26)11-13-22/h4-6,8-13,20,24H,3,7,14-17,19H2,1-2H3,(H,27,30)/t20-,24+/m0/s1. The Labute approximate surface area is 180 Å². The number of amides is 1. The SMILES string of the molecule is CCC[C@@H](NC(=O)[C@H](C)N1CCN(Cc2ccc(C#N)cc2)CC1)c1ccccc1. The van der Waals surface area contributed by atoms with E-state index in [2.05, 4.69) is 40.2 Å².